The van der Waals surface area contributed by atoms with Crippen LogP contribution in [0, 0.1) is 22.7 Å². The van der Waals surface area contributed by atoms with E-state index in [2.05, 4.69) is 5.32 Å². The van der Waals surface area contributed by atoms with E-state index in [0.29, 0.717) is 16.8 Å². The zero-order valence-corrected chi connectivity index (χ0v) is 14.2. The molecule has 0 bridgehead atoms. The lowest BCUT2D eigenvalue weighted by Crippen LogP contribution is -2.32. The van der Waals surface area contributed by atoms with Crippen LogP contribution in [0.25, 0.3) is 0 Å². The fourth-order valence-electron chi connectivity index (χ4n) is 2.39. The molecule has 0 spiro atoms. The summed E-state index contributed by atoms with van der Waals surface area (Å²) in [5.74, 6) is -0.535. The monoisotopic (exact) mass is 346 g/mol. The van der Waals surface area contributed by atoms with Crippen molar-refractivity contribution in [3.8, 4) is 12.1 Å². The lowest BCUT2D eigenvalue weighted by Gasteiger charge is -2.20. The number of carbonyl (C=O) groups is 2. The van der Waals surface area contributed by atoms with Gasteiger partial charge in [-0.15, -0.1) is 0 Å². The number of hydrogen-bond acceptors (Lipinski definition) is 4. The number of amides is 2. The quantitative estimate of drug-likeness (QED) is 0.832. The Balaban J connectivity index is 2.13. The minimum atomic E-state index is -0.272. The van der Waals surface area contributed by atoms with E-state index in [-0.39, 0.29) is 37.7 Å². The number of carbonyl (C=O) groups excluding carboxylic acids is 2. The summed E-state index contributed by atoms with van der Waals surface area (Å²) in [5, 5.41) is 20.3. The van der Waals surface area contributed by atoms with E-state index in [1.54, 1.807) is 48.5 Å². The van der Waals surface area contributed by atoms with Crippen molar-refractivity contribution in [1.29, 1.82) is 10.5 Å². The summed E-state index contributed by atoms with van der Waals surface area (Å²) in [5.41, 5.74) is 1.42. The maximum Gasteiger partial charge on any atom is 0.255 e. The number of rotatable bonds is 7. The van der Waals surface area contributed by atoms with Crippen molar-refractivity contribution in [2.45, 2.75) is 12.8 Å². The molecule has 6 nitrogen and oxygen atoms in total. The molecule has 0 unspecified atom stereocenters. The van der Waals surface area contributed by atoms with Crippen LogP contribution in [0.4, 0.5) is 5.69 Å². The van der Waals surface area contributed by atoms with Gasteiger partial charge in [-0.3, -0.25) is 9.59 Å². The second-order valence-electron chi connectivity index (χ2n) is 5.51. The van der Waals surface area contributed by atoms with Crippen LogP contribution < -0.4 is 5.32 Å². The van der Waals surface area contributed by atoms with E-state index < -0.39 is 0 Å². The first-order valence-corrected chi connectivity index (χ1v) is 8.15. The van der Waals surface area contributed by atoms with Gasteiger partial charge in [0, 0.05) is 29.9 Å². The Morgan fingerprint density at radius 1 is 0.885 bits per heavy atom. The van der Waals surface area contributed by atoms with Crippen molar-refractivity contribution in [3.63, 3.8) is 0 Å². The molecule has 2 aromatic carbocycles. The van der Waals surface area contributed by atoms with Crippen molar-refractivity contribution < 1.29 is 9.59 Å². The summed E-state index contributed by atoms with van der Waals surface area (Å²) in [6.07, 6.45) is 0.392. The second-order valence-corrected chi connectivity index (χ2v) is 5.51. The molecule has 0 saturated carbocycles. The van der Waals surface area contributed by atoms with Gasteiger partial charge in [0.25, 0.3) is 11.8 Å². The lowest BCUT2D eigenvalue weighted by molar-refractivity contribution is 0.0762. The summed E-state index contributed by atoms with van der Waals surface area (Å²) >= 11 is 0. The number of benzene rings is 2. The topological polar surface area (TPSA) is 97.0 Å². The molecule has 0 fully saturated rings. The van der Waals surface area contributed by atoms with Gasteiger partial charge in [0.15, 0.2) is 0 Å². The standard InChI is InChI=1S/C20H18N4O2/c21-11-5-13-24(14-6-12-22)20(26)17-9-4-10-18(15-17)23-19(25)16-7-2-1-3-8-16/h1-4,7-10,15H,5-6,13-14H2,(H,23,25). The zero-order chi connectivity index (χ0) is 18.8. The van der Waals surface area contributed by atoms with Crippen LogP contribution in [-0.4, -0.2) is 29.8 Å². The van der Waals surface area contributed by atoms with Gasteiger partial charge in [-0.25, -0.2) is 0 Å². The molecule has 2 rings (SSSR count). The van der Waals surface area contributed by atoms with E-state index >= 15 is 0 Å². The van der Waals surface area contributed by atoms with Gasteiger partial charge in [-0.2, -0.15) is 10.5 Å². The highest BCUT2D eigenvalue weighted by atomic mass is 16.2. The zero-order valence-electron chi connectivity index (χ0n) is 14.2. The smallest absolute Gasteiger partial charge is 0.255 e. The van der Waals surface area contributed by atoms with Crippen LogP contribution in [0.1, 0.15) is 33.6 Å². The molecule has 1 N–H and O–H groups in total. The first-order chi connectivity index (χ1) is 12.7. The molecule has 6 heteroatoms. The highest BCUT2D eigenvalue weighted by Gasteiger charge is 2.16. The first kappa shape index (κ1) is 18.7. The second kappa shape index (κ2) is 9.61. The van der Waals surface area contributed by atoms with Crippen LogP contribution in [0.5, 0.6) is 0 Å². The molecule has 0 radical (unpaired) electrons. The highest BCUT2D eigenvalue weighted by molar-refractivity contribution is 6.05. The third-order valence-corrected chi connectivity index (χ3v) is 3.68. The van der Waals surface area contributed by atoms with Crippen LogP contribution in [0.2, 0.25) is 0 Å². The Morgan fingerprint density at radius 3 is 2.12 bits per heavy atom. The summed E-state index contributed by atoms with van der Waals surface area (Å²) in [6, 6.07) is 19.4. The molecule has 0 saturated heterocycles. The van der Waals surface area contributed by atoms with Gasteiger partial charge in [0.2, 0.25) is 0 Å². The maximum absolute atomic E-state index is 12.7. The van der Waals surface area contributed by atoms with Crippen LogP contribution in [0.15, 0.2) is 54.6 Å². The first-order valence-electron chi connectivity index (χ1n) is 8.15. The predicted octanol–water partition coefficient (Wildman–Crippen LogP) is 3.21. The molecule has 0 aromatic heterocycles. The fraction of sp³-hybridized carbons (Fsp3) is 0.200. The van der Waals surface area contributed by atoms with Crippen molar-refractivity contribution in [2.24, 2.45) is 0 Å². The highest BCUT2D eigenvalue weighted by Crippen LogP contribution is 2.15. The number of hydrogen-bond donors (Lipinski definition) is 1. The fourth-order valence-corrected chi connectivity index (χ4v) is 2.39. The maximum atomic E-state index is 12.7. The summed E-state index contributed by atoms with van der Waals surface area (Å²) < 4.78 is 0. The van der Waals surface area contributed by atoms with Gasteiger partial charge in [0.05, 0.1) is 25.0 Å². The SMILES string of the molecule is N#CCCN(CCC#N)C(=O)c1cccc(NC(=O)c2ccccc2)c1. The molecule has 2 aromatic rings. The number of nitrogens with one attached hydrogen (secondary N) is 1. The largest absolute Gasteiger partial charge is 0.337 e. The third kappa shape index (κ3) is 5.19. The molecule has 0 aliphatic rings. The van der Waals surface area contributed by atoms with Crippen molar-refractivity contribution in [2.75, 3.05) is 18.4 Å². The van der Waals surface area contributed by atoms with Crippen LogP contribution >= 0.6 is 0 Å². The predicted molar refractivity (Wildman–Crippen MR) is 97.2 cm³/mol. The van der Waals surface area contributed by atoms with E-state index in [1.165, 1.54) is 4.90 Å². The Labute approximate surface area is 152 Å². The Hall–Kier alpha value is -3.64. The number of nitrogens with zero attached hydrogens (tertiary/aromatic N) is 3. The van der Waals surface area contributed by atoms with Gasteiger partial charge in [-0.05, 0) is 30.3 Å². The molecule has 0 heterocycles. The molecular weight excluding hydrogens is 328 g/mol. The minimum Gasteiger partial charge on any atom is -0.337 e. The Kier molecular flexibility index (Phi) is 6.91. The summed E-state index contributed by atoms with van der Waals surface area (Å²) in [6.45, 7) is 0.523. The minimum absolute atomic E-state index is 0.196. The normalized spacial score (nSPS) is 9.62. The number of nitriles is 2. The summed E-state index contributed by atoms with van der Waals surface area (Å²) in [7, 11) is 0. The van der Waals surface area contributed by atoms with Gasteiger partial charge in [-0.1, -0.05) is 24.3 Å². The molecule has 2 amide bonds. The van der Waals surface area contributed by atoms with Crippen molar-refractivity contribution in [3.05, 3.63) is 65.7 Å². The molecule has 0 atom stereocenters. The molecule has 0 aliphatic carbocycles. The molecule has 0 aliphatic heterocycles. The van der Waals surface area contributed by atoms with E-state index in [4.69, 9.17) is 10.5 Å². The molecule has 130 valence electrons. The van der Waals surface area contributed by atoms with Gasteiger partial charge < -0.3 is 10.2 Å². The lowest BCUT2D eigenvalue weighted by atomic mass is 10.1. The van der Waals surface area contributed by atoms with Crippen LogP contribution in [-0.2, 0) is 0 Å². The van der Waals surface area contributed by atoms with E-state index in [9.17, 15) is 9.59 Å². The number of anilines is 1. The van der Waals surface area contributed by atoms with Crippen molar-refractivity contribution in [1.82, 2.24) is 4.90 Å². The third-order valence-electron chi connectivity index (χ3n) is 3.68. The molecule has 26 heavy (non-hydrogen) atoms. The van der Waals surface area contributed by atoms with Gasteiger partial charge >= 0.3 is 0 Å². The summed E-state index contributed by atoms with van der Waals surface area (Å²) in [4.78, 5) is 26.4. The average molecular weight is 346 g/mol. The average Bonchev–Trinajstić information content (AvgIpc) is 2.68. The van der Waals surface area contributed by atoms with Gasteiger partial charge in [0.1, 0.15) is 0 Å². The molecular formula is C20H18N4O2. The Morgan fingerprint density at radius 2 is 1.50 bits per heavy atom. The van der Waals surface area contributed by atoms with E-state index in [0.717, 1.165) is 0 Å². The van der Waals surface area contributed by atoms with Crippen LogP contribution in [0.3, 0.4) is 0 Å². The van der Waals surface area contributed by atoms with E-state index in [1.807, 2.05) is 18.2 Å². The Bertz CT molecular complexity index is 832. The van der Waals surface area contributed by atoms with Crippen molar-refractivity contribution >= 4 is 17.5 Å².